The van der Waals surface area contributed by atoms with Gasteiger partial charge in [0.25, 0.3) is 5.24 Å². The topological polar surface area (TPSA) is 55.0 Å². The number of hydrogen-bond acceptors (Lipinski definition) is 3. The third-order valence-electron chi connectivity index (χ3n) is 1.92. The number of fused-ring (bicyclic) bond motifs is 1. The van der Waals surface area contributed by atoms with Gasteiger partial charge in [-0.1, -0.05) is 0 Å². The molecule has 1 N–H and O–H groups in total. The molecule has 0 unspecified atom stereocenters. The molecule has 14 heavy (non-hydrogen) atoms. The van der Waals surface area contributed by atoms with Crippen LogP contribution in [-0.2, 0) is 0 Å². The number of aromatic amines is 1. The summed E-state index contributed by atoms with van der Waals surface area (Å²) in [4.78, 5) is 17.7. The lowest BCUT2D eigenvalue weighted by Crippen LogP contribution is -1.86. The fraction of sp³-hybridized carbons (Fsp3) is 0.111. The number of halogens is 1. The number of pyridine rings is 1. The van der Waals surface area contributed by atoms with Crippen LogP contribution in [0.2, 0.25) is 0 Å². The summed E-state index contributed by atoms with van der Waals surface area (Å²) in [5.41, 5.74) is 0.909. The van der Waals surface area contributed by atoms with Gasteiger partial charge in [0.15, 0.2) is 0 Å². The highest BCUT2D eigenvalue weighted by Gasteiger charge is 2.10. The Morgan fingerprint density at radius 2 is 2.43 bits per heavy atom. The van der Waals surface area contributed by atoms with E-state index in [0.29, 0.717) is 17.1 Å². The Balaban J connectivity index is 2.70. The Kier molecular flexibility index (Phi) is 2.13. The van der Waals surface area contributed by atoms with E-state index in [2.05, 4.69) is 9.97 Å². The Morgan fingerprint density at radius 3 is 3.07 bits per heavy atom. The first kappa shape index (κ1) is 9.02. The van der Waals surface area contributed by atoms with Crippen molar-refractivity contribution in [1.29, 1.82) is 0 Å². The average Bonchev–Trinajstić information content (AvgIpc) is 2.60. The molecular weight excluding hydrogens is 204 g/mol. The second kappa shape index (κ2) is 3.31. The fourth-order valence-corrected chi connectivity index (χ4v) is 1.39. The monoisotopic (exact) mass is 210 g/mol. The highest BCUT2D eigenvalue weighted by molar-refractivity contribution is 6.67. The number of aromatic nitrogens is 2. The van der Waals surface area contributed by atoms with Gasteiger partial charge in [-0.2, -0.15) is 0 Å². The molecule has 0 aliphatic rings. The first-order chi connectivity index (χ1) is 6.72. The van der Waals surface area contributed by atoms with Gasteiger partial charge in [-0.15, -0.1) is 0 Å². The SMILES string of the molecule is COc1ccnc2[nH]c(C(=O)Cl)cc12. The Labute approximate surface area is 84.9 Å². The molecule has 5 heteroatoms. The Bertz CT molecular complexity index is 493. The molecule has 0 radical (unpaired) electrons. The third kappa shape index (κ3) is 1.33. The zero-order valence-electron chi connectivity index (χ0n) is 7.37. The van der Waals surface area contributed by atoms with Crippen molar-refractivity contribution in [3.8, 4) is 5.75 Å². The molecule has 2 heterocycles. The summed E-state index contributed by atoms with van der Waals surface area (Å²) in [6.45, 7) is 0. The molecule has 2 rings (SSSR count). The fourth-order valence-electron chi connectivity index (χ4n) is 1.29. The summed E-state index contributed by atoms with van der Waals surface area (Å²) in [7, 11) is 1.56. The molecule has 72 valence electrons. The van der Waals surface area contributed by atoms with Crippen LogP contribution in [0.15, 0.2) is 18.3 Å². The van der Waals surface area contributed by atoms with Crippen molar-refractivity contribution in [3.05, 3.63) is 24.0 Å². The van der Waals surface area contributed by atoms with Gasteiger partial charge in [0.05, 0.1) is 12.5 Å². The van der Waals surface area contributed by atoms with Gasteiger partial charge >= 0.3 is 0 Å². The molecular formula is C9H7ClN2O2. The van der Waals surface area contributed by atoms with Gasteiger partial charge in [0, 0.05) is 6.20 Å². The predicted molar refractivity (Wildman–Crippen MR) is 52.8 cm³/mol. The van der Waals surface area contributed by atoms with Crippen LogP contribution in [0.3, 0.4) is 0 Å². The van der Waals surface area contributed by atoms with Crippen LogP contribution in [0.4, 0.5) is 0 Å². The molecule has 2 aromatic rings. The van der Waals surface area contributed by atoms with Crippen molar-refractivity contribution in [3.63, 3.8) is 0 Å². The molecule has 0 bridgehead atoms. The van der Waals surface area contributed by atoms with Gasteiger partial charge in [0.1, 0.15) is 17.1 Å². The van der Waals surface area contributed by atoms with E-state index in [1.54, 1.807) is 25.4 Å². The average molecular weight is 211 g/mol. The summed E-state index contributed by atoms with van der Waals surface area (Å²) in [6.07, 6.45) is 1.60. The number of H-pyrrole nitrogens is 1. The molecule has 0 aromatic carbocycles. The summed E-state index contributed by atoms with van der Waals surface area (Å²) in [6, 6.07) is 3.34. The zero-order valence-corrected chi connectivity index (χ0v) is 8.13. The number of methoxy groups -OCH3 is 1. The first-order valence-corrected chi connectivity index (χ1v) is 4.31. The van der Waals surface area contributed by atoms with Crippen molar-refractivity contribution >= 4 is 27.9 Å². The van der Waals surface area contributed by atoms with Gasteiger partial charge in [0.2, 0.25) is 0 Å². The minimum absolute atomic E-state index is 0.318. The maximum Gasteiger partial charge on any atom is 0.268 e. The maximum absolute atomic E-state index is 10.9. The van der Waals surface area contributed by atoms with E-state index in [4.69, 9.17) is 16.3 Å². The lowest BCUT2D eigenvalue weighted by molar-refractivity contribution is 0.107. The number of nitrogens with zero attached hydrogens (tertiary/aromatic N) is 1. The minimum Gasteiger partial charge on any atom is -0.496 e. The van der Waals surface area contributed by atoms with E-state index in [-0.39, 0.29) is 0 Å². The van der Waals surface area contributed by atoms with Crippen molar-refractivity contribution in [2.24, 2.45) is 0 Å². The molecule has 0 saturated carbocycles. The third-order valence-corrected chi connectivity index (χ3v) is 2.13. The molecule has 0 aliphatic heterocycles. The molecule has 0 atom stereocenters. The van der Waals surface area contributed by atoms with E-state index in [9.17, 15) is 4.79 Å². The van der Waals surface area contributed by atoms with Crippen LogP contribution in [0, 0.1) is 0 Å². The van der Waals surface area contributed by atoms with Crippen molar-refractivity contribution < 1.29 is 9.53 Å². The number of nitrogens with one attached hydrogen (secondary N) is 1. The molecule has 0 fully saturated rings. The van der Waals surface area contributed by atoms with E-state index < -0.39 is 5.24 Å². The number of rotatable bonds is 2. The predicted octanol–water partition coefficient (Wildman–Crippen LogP) is 1.95. The summed E-state index contributed by atoms with van der Waals surface area (Å²) < 4.78 is 5.11. The normalized spacial score (nSPS) is 10.4. The molecule has 0 aliphatic carbocycles. The largest absolute Gasteiger partial charge is 0.496 e. The highest BCUT2D eigenvalue weighted by atomic mass is 35.5. The van der Waals surface area contributed by atoms with Gasteiger partial charge < -0.3 is 9.72 Å². The van der Waals surface area contributed by atoms with E-state index in [0.717, 1.165) is 5.39 Å². The molecule has 0 amide bonds. The molecule has 2 aromatic heterocycles. The van der Waals surface area contributed by atoms with Crippen LogP contribution in [0.5, 0.6) is 5.75 Å². The summed E-state index contributed by atoms with van der Waals surface area (Å²) in [5, 5.41) is 0.212. The standard InChI is InChI=1S/C9H7ClN2O2/c1-14-7-2-3-11-9-5(7)4-6(12-9)8(10)13/h2-4H,1H3,(H,11,12). The van der Waals surface area contributed by atoms with Crippen molar-refractivity contribution in [2.45, 2.75) is 0 Å². The smallest absolute Gasteiger partial charge is 0.268 e. The van der Waals surface area contributed by atoms with Crippen LogP contribution in [-0.4, -0.2) is 22.3 Å². The van der Waals surface area contributed by atoms with E-state index in [1.807, 2.05) is 0 Å². The Morgan fingerprint density at radius 1 is 1.64 bits per heavy atom. The number of carbonyl (C=O) groups excluding carboxylic acids is 1. The van der Waals surface area contributed by atoms with Gasteiger partial charge in [-0.3, -0.25) is 4.79 Å². The van der Waals surface area contributed by atoms with E-state index >= 15 is 0 Å². The second-order valence-electron chi connectivity index (χ2n) is 2.73. The number of ether oxygens (including phenoxy) is 1. The van der Waals surface area contributed by atoms with Crippen molar-refractivity contribution in [2.75, 3.05) is 7.11 Å². The van der Waals surface area contributed by atoms with Crippen molar-refractivity contribution in [1.82, 2.24) is 9.97 Å². The first-order valence-electron chi connectivity index (χ1n) is 3.94. The Hall–Kier alpha value is -1.55. The maximum atomic E-state index is 10.9. The second-order valence-corrected chi connectivity index (χ2v) is 3.08. The lowest BCUT2D eigenvalue weighted by Gasteiger charge is -1.98. The number of carbonyl (C=O) groups is 1. The minimum atomic E-state index is -0.537. The molecule has 4 nitrogen and oxygen atoms in total. The van der Waals surface area contributed by atoms with Crippen LogP contribution < -0.4 is 4.74 Å². The van der Waals surface area contributed by atoms with Crippen LogP contribution in [0.1, 0.15) is 10.5 Å². The molecule has 0 spiro atoms. The van der Waals surface area contributed by atoms with Crippen LogP contribution >= 0.6 is 11.6 Å². The van der Waals surface area contributed by atoms with Crippen LogP contribution in [0.25, 0.3) is 11.0 Å². The van der Waals surface area contributed by atoms with E-state index in [1.165, 1.54) is 0 Å². The highest BCUT2D eigenvalue weighted by Crippen LogP contribution is 2.24. The summed E-state index contributed by atoms with van der Waals surface area (Å²) in [5.74, 6) is 0.662. The molecule has 0 saturated heterocycles. The zero-order chi connectivity index (χ0) is 10.1. The summed E-state index contributed by atoms with van der Waals surface area (Å²) >= 11 is 5.33. The number of hydrogen-bond donors (Lipinski definition) is 1. The quantitative estimate of drug-likeness (QED) is 0.771. The van der Waals surface area contributed by atoms with Gasteiger partial charge in [-0.25, -0.2) is 4.98 Å². The van der Waals surface area contributed by atoms with Gasteiger partial charge in [-0.05, 0) is 23.7 Å². The lowest BCUT2D eigenvalue weighted by atomic mass is 10.3.